The number of rotatable bonds is 4. The maximum Gasteiger partial charge on any atom is 0.253 e. The first-order valence-corrected chi connectivity index (χ1v) is 7.34. The number of amides is 1. The van der Waals surface area contributed by atoms with E-state index in [1.54, 1.807) is 23.7 Å². The smallest absolute Gasteiger partial charge is 0.253 e. The Bertz CT molecular complexity index is 792. The summed E-state index contributed by atoms with van der Waals surface area (Å²) in [6.45, 7) is 0.205. The van der Waals surface area contributed by atoms with E-state index in [1.807, 2.05) is 17.5 Å². The largest absolute Gasteiger partial charge is 0.346 e. The second kappa shape index (κ2) is 6.40. The standard InChI is InChI=1S/C15H11FN4OS/c16-11-6-10(7-17-8-11)15(21)20-9-12-14(19-4-3-18-12)13-2-1-5-22-13/h1-8H,9H2,(H,20,21). The molecule has 0 spiro atoms. The van der Waals surface area contributed by atoms with Crippen molar-refractivity contribution in [3.05, 3.63) is 65.4 Å². The van der Waals surface area contributed by atoms with Crippen LogP contribution in [0.2, 0.25) is 0 Å². The number of carbonyl (C=O) groups excluding carboxylic acids is 1. The minimum Gasteiger partial charge on any atom is -0.346 e. The Morgan fingerprint density at radius 3 is 2.91 bits per heavy atom. The average Bonchev–Trinajstić information content (AvgIpc) is 3.07. The summed E-state index contributed by atoms with van der Waals surface area (Å²) >= 11 is 1.55. The first kappa shape index (κ1) is 14.3. The Kier molecular flexibility index (Phi) is 4.15. The van der Waals surface area contributed by atoms with E-state index in [1.165, 1.54) is 6.20 Å². The van der Waals surface area contributed by atoms with Gasteiger partial charge in [0.2, 0.25) is 0 Å². The highest BCUT2D eigenvalue weighted by Crippen LogP contribution is 2.24. The molecule has 0 aromatic carbocycles. The van der Waals surface area contributed by atoms with Crippen molar-refractivity contribution in [2.75, 3.05) is 0 Å². The number of pyridine rings is 1. The normalized spacial score (nSPS) is 10.4. The maximum atomic E-state index is 13.1. The van der Waals surface area contributed by atoms with Crippen LogP contribution in [0.1, 0.15) is 16.1 Å². The van der Waals surface area contributed by atoms with Crippen LogP contribution in [0.3, 0.4) is 0 Å². The third-order valence-corrected chi connectivity index (χ3v) is 3.79. The molecule has 1 amide bonds. The quantitative estimate of drug-likeness (QED) is 0.804. The number of hydrogen-bond acceptors (Lipinski definition) is 5. The molecule has 7 heteroatoms. The van der Waals surface area contributed by atoms with Crippen LogP contribution in [0.4, 0.5) is 4.39 Å². The molecule has 5 nitrogen and oxygen atoms in total. The molecule has 110 valence electrons. The summed E-state index contributed by atoms with van der Waals surface area (Å²) in [4.78, 5) is 25.2. The molecular formula is C15H11FN4OS. The Hall–Kier alpha value is -2.67. The van der Waals surface area contributed by atoms with Gasteiger partial charge in [-0.25, -0.2) is 4.39 Å². The van der Waals surface area contributed by atoms with Crippen LogP contribution in [0, 0.1) is 5.82 Å². The third kappa shape index (κ3) is 3.15. The van der Waals surface area contributed by atoms with Crippen LogP contribution in [0.15, 0.2) is 48.4 Å². The van der Waals surface area contributed by atoms with Gasteiger partial charge in [0.15, 0.2) is 0 Å². The van der Waals surface area contributed by atoms with Crippen LogP contribution in [-0.4, -0.2) is 20.9 Å². The lowest BCUT2D eigenvalue weighted by atomic mass is 10.2. The molecule has 3 aromatic rings. The van der Waals surface area contributed by atoms with Gasteiger partial charge < -0.3 is 5.32 Å². The van der Waals surface area contributed by atoms with Gasteiger partial charge in [0.25, 0.3) is 5.91 Å². The predicted octanol–water partition coefficient (Wildman–Crippen LogP) is 2.67. The van der Waals surface area contributed by atoms with Gasteiger partial charge in [-0.1, -0.05) is 6.07 Å². The van der Waals surface area contributed by atoms with Crippen LogP contribution in [0.25, 0.3) is 10.6 Å². The zero-order valence-corrected chi connectivity index (χ0v) is 12.2. The Morgan fingerprint density at radius 2 is 2.14 bits per heavy atom. The molecule has 0 fully saturated rings. The van der Waals surface area contributed by atoms with E-state index in [4.69, 9.17) is 0 Å². The second-order valence-electron chi connectivity index (χ2n) is 4.40. The molecular weight excluding hydrogens is 303 g/mol. The summed E-state index contributed by atoms with van der Waals surface area (Å²) in [5, 5.41) is 4.65. The molecule has 0 bridgehead atoms. The van der Waals surface area contributed by atoms with Crippen molar-refractivity contribution in [3.8, 4) is 10.6 Å². The van der Waals surface area contributed by atoms with Crippen molar-refractivity contribution < 1.29 is 9.18 Å². The van der Waals surface area contributed by atoms with Gasteiger partial charge in [-0.2, -0.15) is 0 Å². The van der Waals surface area contributed by atoms with Crippen LogP contribution >= 0.6 is 11.3 Å². The van der Waals surface area contributed by atoms with Crippen molar-refractivity contribution in [2.45, 2.75) is 6.54 Å². The Labute approximate surface area is 129 Å². The molecule has 3 heterocycles. The lowest BCUT2D eigenvalue weighted by molar-refractivity contribution is 0.0949. The molecule has 0 radical (unpaired) electrons. The Morgan fingerprint density at radius 1 is 1.27 bits per heavy atom. The fourth-order valence-electron chi connectivity index (χ4n) is 1.92. The molecule has 0 atom stereocenters. The van der Waals surface area contributed by atoms with Gasteiger partial charge in [0.05, 0.1) is 28.9 Å². The number of nitrogens with zero attached hydrogens (tertiary/aromatic N) is 3. The molecule has 0 saturated heterocycles. The zero-order valence-electron chi connectivity index (χ0n) is 11.4. The van der Waals surface area contributed by atoms with E-state index in [0.29, 0.717) is 5.69 Å². The number of hydrogen-bond donors (Lipinski definition) is 1. The average molecular weight is 314 g/mol. The molecule has 22 heavy (non-hydrogen) atoms. The zero-order chi connectivity index (χ0) is 15.4. The molecule has 0 aliphatic heterocycles. The van der Waals surface area contributed by atoms with Crippen molar-refractivity contribution in [3.63, 3.8) is 0 Å². The topological polar surface area (TPSA) is 67.8 Å². The van der Waals surface area contributed by atoms with Crippen LogP contribution < -0.4 is 5.32 Å². The number of aromatic nitrogens is 3. The monoisotopic (exact) mass is 314 g/mol. The van der Waals surface area contributed by atoms with Gasteiger partial charge in [-0.15, -0.1) is 11.3 Å². The molecule has 0 saturated carbocycles. The van der Waals surface area contributed by atoms with Gasteiger partial charge >= 0.3 is 0 Å². The SMILES string of the molecule is O=C(NCc1nccnc1-c1cccs1)c1cncc(F)c1. The second-order valence-corrected chi connectivity index (χ2v) is 5.35. The van der Waals surface area contributed by atoms with Gasteiger partial charge in [0, 0.05) is 18.6 Å². The van der Waals surface area contributed by atoms with E-state index < -0.39 is 11.7 Å². The summed E-state index contributed by atoms with van der Waals surface area (Å²) in [7, 11) is 0. The van der Waals surface area contributed by atoms with Crippen molar-refractivity contribution in [1.82, 2.24) is 20.3 Å². The molecule has 0 aliphatic rings. The fraction of sp³-hybridized carbons (Fsp3) is 0.0667. The molecule has 3 rings (SSSR count). The van der Waals surface area contributed by atoms with E-state index in [9.17, 15) is 9.18 Å². The first-order valence-electron chi connectivity index (χ1n) is 6.46. The molecule has 0 unspecified atom stereocenters. The summed E-state index contributed by atoms with van der Waals surface area (Å²) in [5.41, 5.74) is 1.55. The minimum atomic E-state index is -0.550. The lowest BCUT2D eigenvalue weighted by Gasteiger charge is -2.07. The number of halogens is 1. The fourth-order valence-corrected chi connectivity index (χ4v) is 2.66. The summed E-state index contributed by atoms with van der Waals surface area (Å²) in [6, 6.07) is 5.01. The highest BCUT2D eigenvalue weighted by molar-refractivity contribution is 7.13. The van der Waals surface area contributed by atoms with Crippen LogP contribution in [0.5, 0.6) is 0 Å². The predicted molar refractivity (Wildman–Crippen MR) is 80.7 cm³/mol. The molecule has 0 aliphatic carbocycles. The van der Waals surface area contributed by atoms with Crippen molar-refractivity contribution >= 4 is 17.2 Å². The van der Waals surface area contributed by atoms with Crippen molar-refractivity contribution in [1.29, 1.82) is 0 Å². The summed E-state index contributed by atoms with van der Waals surface area (Å²) in [5.74, 6) is -0.957. The highest BCUT2D eigenvalue weighted by Gasteiger charge is 2.11. The van der Waals surface area contributed by atoms with E-state index in [2.05, 4.69) is 20.3 Å². The number of thiophene rings is 1. The Balaban J connectivity index is 1.76. The van der Waals surface area contributed by atoms with Gasteiger partial charge in [-0.05, 0) is 17.5 Å². The third-order valence-electron chi connectivity index (χ3n) is 2.91. The first-order chi connectivity index (χ1) is 10.7. The number of carbonyl (C=O) groups is 1. The van der Waals surface area contributed by atoms with E-state index in [-0.39, 0.29) is 12.1 Å². The lowest BCUT2D eigenvalue weighted by Crippen LogP contribution is -2.24. The van der Waals surface area contributed by atoms with Crippen molar-refractivity contribution in [2.24, 2.45) is 0 Å². The maximum absolute atomic E-state index is 13.1. The van der Waals surface area contributed by atoms with Gasteiger partial charge in [-0.3, -0.25) is 19.7 Å². The van der Waals surface area contributed by atoms with E-state index in [0.717, 1.165) is 22.8 Å². The summed E-state index contributed by atoms with van der Waals surface area (Å²) in [6.07, 6.45) is 5.54. The molecule has 1 N–H and O–H groups in total. The van der Waals surface area contributed by atoms with Gasteiger partial charge in [0.1, 0.15) is 11.5 Å². The summed E-state index contributed by atoms with van der Waals surface area (Å²) < 4.78 is 13.1. The molecule has 3 aromatic heterocycles. The van der Waals surface area contributed by atoms with E-state index >= 15 is 0 Å². The van der Waals surface area contributed by atoms with Crippen LogP contribution in [-0.2, 0) is 6.54 Å². The highest BCUT2D eigenvalue weighted by atomic mass is 32.1. The minimum absolute atomic E-state index is 0.168. The number of nitrogens with one attached hydrogen (secondary N) is 1.